The van der Waals surface area contributed by atoms with Crippen LogP contribution in [0.5, 0.6) is 5.75 Å². The summed E-state index contributed by atoms with van der Waals surface area (Å²) < 4.78 is 30.5. The number of sulfonamides is 1. The lowest BCUT2D eigenvalue weighted by Gasteiger charge is -2.37. The van der Waals surface area contributed by atoms with Crippen LogP contribution in [0.2, 0.25) is 0 Å². The van der Waals surface area contributed by atoms with Crippen molar-refractivity contribution in [2.24, 2.45) is 0 Å². The molecular formula is C17H25N3O4S. The molecule has 0 radical (unpaired) electrons. The quantitative estimate of drug-likeness (QED) is 0.825. The number of nitrogens with one attached hydrogen (secondary N) is 2. The Balaban J connectivity index is 1.49. The Morgan fingerprint density at radius 2 is 1.80 bits per heavy atom. The molecule has 2 aliphatic rings. The van der Waals surface area contributed by atoms with Gasteiger partial charge in [0, 0.05) is 24.7 Å². The Labute approximate surface area is 148 Å². The van der Waals surface area contributed by atoms with Crippen molar-refractivity contribution < 1.29 is 17.9 Å². The summed E-state index contributed by atoms with van der Waals surface area (Å²) in [5, 5.41) is 5.84. The number of fused-ring (bicyclic) bond motifs is 2. The molecule has 2 amide bonds. The smallest absolute Gasteiger partial charge is 0.315 e. The number of rotatable bonds is 5. The van der Waals surface area contributed by atoms with Crippen LogP contribution in [-0.4, -0.2) is 50.2 Å². The van der Waals surface area contributed by atoms with E-state index in [-0.39, 0.29) is 24.2 Å². The summed E-state index contributed by atoms with van der Waals surface area (Å²) in [5.41, 5.74) is 0.989. The molecule has 2 fully saturated rings. The van der Waals surface area contributed by atoms with Gasteiger partial charge in [0.1, 0.15) is 5.75 Å². The molecule has 7 nitrogen and oxygen atoms in total. The standard InChI is InChI=1S/C17H25N3O4S/c1-24-16-7-3-12(4-8-16)11-18-17(21)19-13-9-14-5-6-15(10-13)20(14)25(2,22)23/h3-4,7-8,13-15H,5-6,9-11H2,1-2H3,(H2,18,19,21). The number of hydrogen-bond donors (Lipinski definition) is 2. The van der Waals surface area contributed by atoms with Crippen molar-refractivity contribution in [1.29, 1.82) is 0 Å². The number of amides is 2. The maximum atomic E-state index is 12.1. The van der Waals surface area contributed by atoms with Gasteiger partial charge in [-0.25, -0.2) is 13.2 Å². The van der Waals surface area contributed by atoms with E-state index >= 15 is 0 Å². The summed E-state index contributed by atoms with van der Waals surface area (Å²) in [6.07, 6.45) is 4.39. The molecule has 3 rings (SSSR count). The Morgan fingerprint density at radius 3 is 2.32 bits per heavy atom. The molecule has 0 aliphatic carbocycles. The van der Waals surface area contributed by atoms with Gasteiger partial charge in [-0.3, -0.25) is 0 Å². The van der Waals surface area contributed by atoms with Gasteiger partial charge in [-0.1, -0.05) is 12.1 Å². The molecule has 138 valence electrons. The van der Waals surface area contributed by atoms with E-state index in [2.05, 4.69) is 10.6 Å². The molecule has 2 heterocycles. The van der Waals surface area contributed by atoms with E-state index in [9.17, 15) is 13.2 Å². The van der Waals surface area contributed by atoms with E-state index in [1.54, 1.807) is 11.4 Å². The lowest BCUT2D eigenvalue weighted by molar-refractivity contribution is 0.199. The van der Waals surface area contributed by atoms with Gasteiger partial charge in [-0.15, -0.1) is 0 Å². The number of nitrogens with zero attached hydrogens (tertiary/aromatic N) is 1. The largest absolute Gasteiger partial charge is 0.497 e. The van der Waals surface area contributed by atoms with Gasteiger partial charge in [0.15, 0.2) is 0 Å². The van der Waals surface area contributed by atoms with Crippen molar-refractivity contribution in [2.75, 3.05) is 13.4 Å². The third kappa shape index (κ3) is 4.24. The first-order chi connectivity index (χ1) is 11.9. The number of urea groups is 1. The molecule has 1 aromatic carbocycles. The van der Waals surface area contributed by atoms with Crippen LogP contribution in [-0.2, 0) is 16.6 Å². The lowest BCUT2D eigenvalue weighted by atomic mass is 10.00. The second-order valence-electron chi connectivity index (χ2n) is 6.82. The van der Waals surface area contributed by atoms with Gasteiger partial charge in [0.05, 0.1) is 13.4 Å². The summed E-state index contributed by atoms with van der Waals surface area (Å²) >= 11 is 0. The monoisotopic (exact) mass is 367 g/mol. The Morgan fingerprint density at radius 1 is 1.20 bits per heavy atom. The predicted molar refractivity (Wildman–Crippen MR) is 94.9 cm³/mol. The third-order valence-corrected chi connectivity index (χ3v) is 6.36. The number of methoxy groups -OCH3 is 1. The first-order valence-electron chi connectivity index (χ1n) is 8.52. The molecule has 0 spiro atoms. The number of benzene rings is 1. The van der Waals surface area contributed by atoms with E-state index in [1.165, 1.54) is 6.26 Å². The summed E-state index contributed by atoms with van der Waals surface area (Å²) in [6, 6.07) is 7.36. The molecule has 8 heteroatoms. The fourth-order valence-corrected chi connectivity index (χ4v) is 5.42. The molecule has 0 saturated carbocycles. The second kappa shape index (κ2) is 7.21. The number of carbonyl (C=O) groups is 1. The first kappa shape index (κ1) is 18.0. The van der Waals surface area contributed by atoms with Gasteiger partial charge in [-0.05, 0) is 43.4 Å². The van der Waals surface area contributed by atoms with Crippen molar-refractivity contribution in [3.05, 3.63) is 29.8 Å². The van der Waals surface area contributed by atoms with Crippen LogP contribution >= 0.6 is 0 Å². The Bertz CT molecular complexity index is 706. The predicted octanol–water partition coefficient (Wildman–Crippen LogP) is 1.45. The molecule has 2 atom stereocenters. The minimum atomic E-state index is -3.17. The zero-order valence-corrected chi connectivity index (χ0v) is 15.4. The van der Waals surface area contributed by atoms with E-state index in [0.717, 1.165) is 24.2 Å². The zero-order valence-electron chi connectivity index (χ0n) is 14.6. The molecule has 1 aromatic rings. The molecular weight excluding hydrogens is 342 g/mol. The number of carbonyl (C=O) groups excluding carboxylic acids is 1. The van der Waals surface area contributed by atoms with Crippen LogP contribution in [0.4, 0.5) is 4.79 Å². The summed E-state index contributed by atoms with van der Waals surface area (Å²) in [6.45, 7) is 0.435. The minimum absolute atomic E-state index is 0.0145. The fourth-order valence-electron chi connectivity index (χ4n) is 3.96. The van der Waals surface area contributed by atoms with E-state index in [4.69, 9.17) is 4.74 Å². The molecule has 2 bridgehead atoms. The highest BCUT2D eigenvalue weighted by molar-refractivity contribution is 7.88. The highest BCUT2D eigenvalue weighted by Gasteiger charge is 2.45. The van der Waals surface area contributed by atoms with Crippen LogP contribution in [0.3, 0.4) is 0 Å². The second-order valence-corrected chi connectivity index (χ2v) is 8.71. The lowest BCUT2D eigenvalue weighted by Crippen LogP contribution is -2.53. The first-order valence-corrected chi connectivity index (χ1v) is 10.4. The van der Waals surface area contributed by atoms with Crippen molar-refractivity contribution in [3.8, 4) is 5.75 Å². The normalized spacial score (nSPS) is 26.2. The molecule has 2 saturated heterocycles. The highest BCUT2D eigenvalue weighted by atomic mass is 32.2. The Hall–Kier alpha value is -1.80. The highest BCUT2D eigenvalue weighted by Crippen LogP contribution is 2.37. The van der Waals surface area contributed by atoms with Gasteiger partial charge < -0.3 is 15.4 Å². The molecule has 2 unspecified atom stereocenters. The molecule has 25 heavy (non-hydrogen) atoms. The fraction of sp³-hybridized carbons (Fsp3) is 0.588. The van der Waals surface area contributed by atoms with E-state index in [1.807, 2.05) is 24.3 Å². The van der Waals surface area contributed by atoms with Crippen LogP contribution in [0.1, 0.15) is 31.2 Å². The van der Waals surface area contributed by atoms with Crippen molar-refractivity contribution in [1.82, 2.24) is 14.9 Å². The Kier molecular flexibility index (Phi) is 5.19. The number of hydrogen-bond acceptors (Lipinski definition) is 4. The van der Waals surface area contributed by atoms with Crippen molar-refractivity contribution in [2.45, 2.75) is 50.4 Å². The van der Waals surface area contributed by atoms with Gasteiger partial charge >= 0.3 is 6.03 Å². The van der Waals surface area contributed by atoms with Gasteiger partial charge in [0.2, 0.25) is 10.0 Å². The van der Waals surface area contributed by atoms with E-state index < -0.39 is 10.0 Å². The summed E-state index contributed by atoms with van der Waals surface area (Å²) in [5.74, 6) is 0.779. The van der Waals surface area contributed by atoms with Crippen molar-refractivity contribution in [3.63, 3.8) is 0 Å². The zero-order chi connectivity index (χ0) is 18.0. The van der Waals surface area contributed by atoms with Crippen LogP contribution in [0, 0.1) is 0 Å². The maximum absolute atomic E-state index is 12.1. The minimum Gasteiger partial charge on any atom is -0.497 e. The van der Waals surface area contributed by atoms with Gasteiger partial charge in [-0.2, -0.15) is 4.31 Å². The van der Waals surface area contributed by atoms with Crippen LogP contribution in [0.25, 0.3) is 0 Å². The number of ether oxygens (including phenoxy) is 1. The molecule has 0 aromatic heterocycles. The maximum Gasteiger partial charge on any atom is 0.315 e. The average molecular weight is 367 g/mol. The van der Waals surface area contributed by atoms with Crippen LogP contribution < -0.4 is 15.4 Å². The third-order valence-electron chi connectivity index (χ3n) is 5.00. The van der Waals surface area contributed by atoms with Crippen LogP contribution in [0.15, 0.2) is 24.3 Å². The SMILES string of the molecule is COc1ccc(CNC(=O)NC2CC3CCC(C2)N3S(C)(=O)=O)cc1. The summed E-state index contributed by atoms with van der Waals surface area (Å²) in [4.78, 5) is 12.1. The average Bonchev–Trinajstić information content (AvgIpc) is 2.86. The van der Waals surface area contributed by atoms with Gasteiger partial charge in [0.25, 0.3) is 0 Å². The molecule has 2 aliphatic heterocycles. The topological polar surface area (TPSA) is 87.7 Å². The van der Waals surface area contributed by atoms with E-state index in [0.29, 0.717) is 19.4 Å². The van der Waals surface area contributed by atoms with Crippen molar-refractivity contribution >= 4 is 16.1 Å². The molecule has 2 N–H and O–H groups in total. The summed E-state index contributed by atoms with van der Waals surface area (Å²) in [7, 11) is -1.56. The number of piperidine rings is 1.